The molecule has 2 N–H and O–H groups in total. The van der Waals surface area contributed by atoms with E-state index in [0.29, 0.717) is 19.4 Å². The highest BCUT2D eigenvalue weighted by molar-refractivity contribution is 6.31. The quantitative estimate of drug-likeness (QED) is 0.878. The molecular weight excluding hydrogens is 290 g/mol. The Bertz CT molecular complexity index is 583. The molecule has 2 aliphatic rings. The van der Waals surface area contributed by atoms with Gasteiger partial charge >= 0.3 is 5.97 Å². The maximum absolute atomic E-state index is 12.1. The molecule has 21 heavy (non-hydrogen) atoms. The number of rotatable bonds is 5. The van der Waals surface area contributed by atoms with Crippen molar-refractivity contribution in [2.75, 3.05) is 6.54 Å². The molecule has 3 rings (SSSR count). The zero-order chi connectivity index (χ0) is 15.0. The Kier molecular flexibility index (Phi) is 3.66. The zero-order valence-corrected chi connectivity index (χ0v) is 12.4. The van der Waals surface area contributed by atoms with Gasteiger partial charge in [-0.15, -0.1) is 0 Å². The van der Waals surface area contributed by atoms with Crippen molar-refractivity contribution in [3.05, 3.63) is 34.9 Å². The monoisotopic (exact) mass is 307 g/mol. The summed E-state index contributed by atoms with van der Waals surface area (Å²) in [5.41, 5.74) is 1.02. The summed E-state index contributed by atoms with van der Waals surface area (Å²) < 4.78 is 0. The molecule has 1 amide bonds. The molecular formula is C16H18ClNO3. The number of carbonyl (C=O) groups is 2. The third kappa shape index (κ3) is 2.64. The summed E-state index contributed by atoms with van der Waals surface area (Å²) >= 11 is 6.24. The number of carboxylic acid groups (broad SMARTS) is 1. The van der Waals surface area contributed by atoms with Crippen LogP contribution in [-0.4, -0.2) is 23.5 Å². The minimum absolute atomic E-state index is 0.0591. The highest BCUT2D eigenvalue weighted by Gasteiger charge is 2.47. The number of carbonyl (C=O) groups excluding carboxylic acids is 1. The molecule has 2 atom stereocenters. The summed E-state index contributed by atoms with van der Waals surface area (Å²) in [6.07, 6.45) is 3.28. The number of halogens is 1. The first-order valence-corrected chi connectivity index (χ1v) is 7.67. The summed E-state index contributed by atoms with van der Waals surface area (Å²) in [6, 6.07) is 7.72. The van der Waals surface area contributed by atoms with Crippen LogP contribution in [0.15, 0.2) is 24.3 Å². The van der Waals surface area contributed by atoms with Gasteiger partial charge in [-0.3, -0.25) is 9.59 Å². The maximum Gasteiger partial charge on any atom is 0.307 e. The van der Waals surface area contributed by atoms with E-state index in [0.717, 1.165) is 23.4 Å². The summed E-state index contributed by atoms with van der Waals surface area (Å²) in [4.78, 5) is 23.1. The fourth-order valence-electron chi connectivity index (χ4n) is 3.08. The molecule has 2 fully saturated rings. The van der Waals surface area contributed by atoms with Crippen molar-refractivity contribution < 1.29 is 14.7 Å². The lowest BCUT2D eigenvalue weighted by atomic mass is 9.73. The molecule has 0 radical (unpaired) electrons. The van der Waals surface area contributed by atoms with Crippen LogP contribution in [-0.2, 0) is 15.0 Å². The van der Waals surface area contributed by atoms with Gasteiger partial charge in [-0.05, 0) is 37.3 Å². The van der Waals surface area contributed by atoms with Crippen LogP contribution in [0.25, 0.3) is 0 Å². The van der Waals surface area contributed by atoms with Gasteiger partial charge in [-0.1, -0.05) is 29.8 Å². The van der Waals surface area contributed by atoms with E-state index in [4.69, 9.17) is 16.7 Å². The normalized spacial score (nSPS) is 25.8. The van der Waals surface area contributed by atoms with Gasteiger partial charge in [0.25, 0.3) is 0 Å². The number of nitrogens with one attached hydrogen (secondary N) is 1. The minimum Gasteiger partial charge on any atom is -0.481 e. The van der Waals surface area contributed by atoms with Crippen molar-refractivity contribution in [1.82, 2.24) is 5.32 Å². The van der Waals surface area contributed by atoms with Gasteiger partial charge < -0.3 is 10.4 Å². The molecule has 0 heterocycles. The molecule has 0 spiro atoms. The summed E-state index contributed by atoms with van der Waals surface area (Å²) in [5, 5.41) is 12.7. The maximum atomic E-state index is 12.1. The second-order valence-corrected chi connectivity index (χ2v) is 6.51. The number of hydrogen-bond acceptors (Lipinski definition) is 2. The SMILES string of the molecule is O=C(O)C1CCC1C(=O)NCC1(c2ccccc2Cl)CC1. The molecule has 0 saturated heterocycles. The van der Waals surface area contributed by atoms with Gasteiger partial charge in [-0.25, -0.2) is 0 Å². The Labute approximate surface area is 128 Å². The second kappa shape index (κ2) is 5.34. The van der Waals surface area contributed by atoms with Crippen LogP contribution in [0.4, 0.5) is 0 Å². The van der Waals surface area contributed by atoms with Gasteiger partial charge in [0.2, 0.25) is 5.91 Å². The van der Waals surface area contributed by atoms with E-state index in [1.165, 1.54) is 0 Å². The molecule has 2 saturated carbocycles. The minimum atomic E-state index is -0.867. The van der Waals surface area contributed by atoms with E-state index in [2.05, 4.69) is 5.32 Å². The lowest BCUT2D eigenvalue weighted by Crippen LogP contribution is -2.45. The molecule has 4 nitrogen and oxygen atoms in total. The van der Waals surface area contributed by atoms with E-state index in [1.54, 1.807) is 0 Å². The first kappa shape index (κ1) is 14.4. The van der Waals surface area contributed by atoms with Gasteiger partial charge in [0.05, 0.1) is 11.8 Å². The number of hydrogen-bond donors (Lipinski definition) is 2. The van der Waals surface area contributed by atoms with Crippen molar-refractivity contribution in [3.8, 4) is 0 Å². The topological polar surface area (TPSA) is 66.4 Å². The van der Waals surface area contributed by atoms with Crippen molar-refractivity contribution >= 4 is 23.5 Å². The Balaban J connectivity index is 1.62. The van der Waals surface area contributed by atoms with Crippen LogP contribution in [0.5, 0.6) is 0 Å². The van der Waals surface area contributed by atoms with Crippen LogP contribution in [0.2, 0.25) is 5.02 Å². The molecule has 0 bridgehead atoms. The second-order valence-electron chi connectivity index (χ2n) is 6.11. The van der Waals surface area contributed by atoms with Gasteiger partial charge in [0.15, 0.2) is 0 Å². The highest BCUT2D eigenvalue weighted by atomic mass is 35.5. The highest BCUT2D eigenvalue weighted by Crippen LogP contribution is 2.50. The van der Waals surface area contributed by atoms with Crippen LogP contribution in [0.1, 0.15) is 31.2 Å². The van der Waals surface area contributed by atoms with Gasteiger partial charge in [0, 0.05) is 17.0 Å². The van der Waals surface area contributed by atoms with Crippen molar-refractivity contribution in [2.24, 2.45) is 11.8 Å². The van der Waals surface area contributed by atoms with E-state index in [9.17, 15) is 9.59 Å². The van der Waals surface area contributed by atoms with E-state index in [1.807, 2.05) is 24.3 Å². The van der Waals surface area contributed by atoms with E-state index < -0.39 is 11.9 Å². The van der Waals surface area contributed by atoms with Crippen LogP contribution in [0.3, 0.4) is 0 Å². The molecule has 1 aromatic rings. The van der Waals surface area contributed by atoms with Crippen LogP contribution in [0, 0.1) is 11.8 Å². The summed E-state index contributed by atoms with van der Waals surface area (Å²) in [6.45, 7) is 0.540. The van der Waals surface area contributed by atoms with Gasteiger partial charge in [0.1, 0.15) is 0 Å². The predicted octanol–water partition coefficient (Wildman–Crippen LogP) is 2.60. The molecule has 2 unspecified atom stereocenters. The Morgan fingerprint density at radius 2 is 1.90 bits per heavy atom. The summed E-state index contributed by atoms with van der Waals surface area (Å²) in [7, 11) is 0. The smallest absolute Gasteiger partial charge is 0.307 e. The first-order chi connectivity index (χ1) is 10.0. The molecule has 112 valence electrons. The predicted molar refractivity (Wildman–Crippen MR) is 79.2 cm³/mol. The lowest BCUT2D eigenvalue weighted by molar-refractivity contribution is -0.152. The van der Waals surface area contributed by atoms with Crippen molar-refractivity contribution in [1.29, 1.82) is 0 Å². The number of benzene rings is 1. The van der Waals surface area contributed by atoms with Crippen LogP contribution >= 0.6 is 11.6 Å². The largest absolute Gasteiger partial charge is 0.481 e. The van der Waals surface area contributed by atoms with Gasteiger partial charge in [-0.2, -0.15) is 0 Å². The van der Waals surface area contributed by atoms with E-state index >= 15 is 0 Å². The average Bonchev–Trinajstić information content (AvgIpc) is 3.16. The Hall–Kier alpha value is -1.55. The van der Waals surface area contributed by atoms with Crippen LogP contribution < -0.4 is 5.32 Å². The molecule has 2 aliphatic carbocycles. The fraction of sp³-hybridized carbons (Fsp3) is 0.500. The van der Waals surface area contributed by atoms with Crippen molar-refractivity contribution in [3.63, 3.8) is 0 Å². The molecule has 5 heteroatoms. The van der Waals surface area contributed by atoms with E-state index in [-0.39, 0.29) is 17.2 Å². The van der Waals surface area contributed by atoms with Crippen molar-refractivity contribution in [2.45, 2.75) is 31.1 Å². The third-order valence-electron chi connectivity index (χ3n) is 4.83. The fourth-order valence-corrected chi connectivity index (χ4v) is 3.42. The standard InChI is InChI=1S/C16H18ClNO3/c17-13-4-2-1-3-12(13)16(7-8-16)9-18-14(19)10-5-6-11(10)15(20)21/h1-4,10-11H,5-9H2,(H,18,19)(H,20,21). The molecule has 0 aliphatic heterocycles. The first-order valence-electron chi connectivity index (χ1n) is 7.29. The zero-order valence-electron chi connectivity index (χ0n) is 11.6. The lowest BCUT2D eigenvalue weighted by Gasteiger charge is -2.32. The number of carboxylic acids is 1. The number of aliphatic carboxylic acids is 1. The average molecular weight is 308 g/mol. The molecule has 0 aromatic heterocycles. The third-order valence-corrected chi connectivity index (χ3v) is 5.16. The number of amides is 1. The molecule has 1 aromatic carbocycles. The Morgan fingerprint density at radius 1 is 1.24 bits per heavy atom. The Morgan fingerprint density at radius 3 is 2.43 bits per heavy atom. The summed E-state index contributed by atoms with van der Waals surface area (Å²) in [5.74, 6) is -1.88.